The van der Waals surface area contributed by atoms with Gasteiger partial charge in [0.05, 0.1) is 28.4 Å². The summed E-state index contributed by atoms with van der Waals surface area (Å²) < 4.78 is 14.6. The van der Waals surface area contributed by atoms with Gasteiger partial charge in [-0.15, -0.1) is 0 Å². The van der Waals surface area contributed by atoms with Gasteiger partial charge in [0.1, 0.15) is 16.9 Å². The fraction of sp³-hybridized carbons (Fsp3) is 0.277. The second-order valence-electron chi connectivity index (χ2n) is 28.7. The van der Waals surface area contributed by atoms with Gasteiger partial charge in [-0.05, 0) is 160 Å². The van der Waals surface area contributed by atoms with Crippen molar-refractivity contribution < 1.29 is 8.83 Å². The first-order valence-electron chi connectivity index (χ1n) is 31.5. The highest BCUT2D eigenvalue weighted by molar-refractivity contribution is 6.11. The van der Waals surface area contributed by atoms with Crippen LogP contribution in [-0.2, 0) is 21.7 Å². The molecular weight excluding hydrogens is 1070 g/mol. The van der Waals surface area contributed by atoms with E-state index in [0.29, 0.717) is 0 Å². The second kappa shape index (κ2) is 23.4. The highest BCUT2D eigenvalue weighted by Gasteiger charge is 2.31. The van der Waals surface area contributed by atoms with E-state index in [1.54, 1.807) is 0 Å². The van der Waals surface area contributed by atoms with Crippen molar-refractivity contribution in [3.05, 3.63) is 257 Å². The van der Waals surface area contributed by atoms with Crippen molar-refractivity contribution >= 4 is 84.1 Å². The van der Waals surface area contributed by atoms with Crippen LogP contribution >= 0.6 is 0 Å². The quantitative estimate of drug-likeness (QED) is 0.129. The molecule has 0 unspecified atom stereocenters. The molecule has 0 N–H and O–H groups in total. The van der Waals surface area contributed by atoms with Crippen LogP contribution < -0.4 is 14.7 Å². The molecule has 448 valence electrons. The first kappa shape index (κ1) is 60.9. The fourth-order valence-electron chi connectivity index (χ4n) is 12.7. The van der Waals surface area contributed by atoms with Crippen molar-refractivity contribution in [2.45, 2.75) is 152 Å². The van der Waals surface area contributed by atoms with Crippen LogP contribution in [0.15, 0.2) is 215 Å². The summed E-state index contributed by atoms with van der Waals surface area (Å²) in [6, 6.07) is 76.4. The van der Waals surface area contributed by atoms with Gasteiger partial charge < -0.3 is 23.5 Å². The van der Waals surface area contributed by atoms with Gasteiger partial charge in [0.15, 0.2) is 5.58 Å². The minimum absolute atomic E-state index is 0.0492. The van der Waals surface area contributed by atoms with Gasteiger partial charge in [-0.2, -0.15) is 0 Å². The van der Waals surface area contributed by atoms with E-state index >= 15 is 0 Å². The normalized spacial score (nSPS) is 12.3. The van der Waals surface area contributed by atoms with Crippen LogP contribution in [0.3, 0.4) is 0 Å². The Hall–Kier alpha value is -8.80. The maximum atomic E-state index is 7.28. The second-order valence-corrected chi connectivity index (χ2v) is 28.7. The first-order chi connectivity index (χ1) is 41.7. The van der Waals surface area contributed by atoms with Gasteiger partial charge in [0.25, 0.3) is 0 Å². The Morgan fingerprint density at radius 3 is 1.42 bits per heavy atom. The van der Waals surface area contributed by atoms with Gasteiger partial charge in [-0.3, -0.25) is 0 Å². The summed E-state index contributed by atoms with van der Waals surface area (Å²) in [5, 5.41) is 3.19. The van der Waals surface area contributed by atoms with Crippen LogP contribution in [0.4, 0.5) is 51.2 Å². The number of anilines is 9. The monoisotopic (exact) mass is 1160 g/mol. The molecule has 0 aliphatic carbocycles. The van der Waals surface area contributed by atoms with Crippen LogP contribution in [0.1, 0.15) is 153 Å². The van der Waals surface area contributed by atoms with Gasteiger partial charge in [-0.25, -0.2) is 0 Å². The topological polar surface area (TPSA) is 36.0 Å². The Morgan fingerprint density at radius 2 is 0.818 bits per heavy atom. The Balaban J connectivity index is 1.31. The number of furan rings is 1. The first-order valence-corrected chi connectivity index (χ1v) is 31.5. The summed E-state index contributed by atoms with van der Waals surface area (Å²) in [4.78, 5) is 7.46. The molecule has 9 aromatic carbocycles. The molecule has 0 aliphatic heterocycles. The number of benzene rings is 9. The number of rotatable bonds is 11. The van der Waals surface area contributed by atoms with Crippen LogP contribution in [-0.4, -0.2) is 0 Å². The Labute approximate surface area is 524 Å². The number of para-hydroxylation sites is 5. The maximum Gasteiger partial charge on any atom is 0.159 e. The molecule has 11 rings (SSSR count). The van der Waals surface area contributed by atoms with Crippen molar-refractivity contribution in [3.8, 4) is 11.1 Å². The largest absolute Gasteiger partial charge is 0.460 e. The van der Waals surface area contributed by atoms with E-state index in [0.717, 1.165) is 118 Å². The van der Waals surface area contributed by atoms with E-state index in [9.17, 15) is 0 Å². The van der Waals surface area contributed by atoms with Crippen LogP contribution in [0, 0.1) is 27.7 Å². The fourth-order valence-corrected chi connectivity index (χ4v) is 12.7. The predicted molar refractivity (Wildman–Crippen MR) is 378 cm³/mol. The molecule has 2 heterocycles. The average molecular weight is 1160 g/mol. The number of hydrogen-bond acceptors (Lipinski definition) is 5. The van der Waals surface area contributed by atoms with Crippen molar-refractivity contribution in [1.82, 2.24) is 0 Å². The molecule has 0 atom stereocenters. The molecule has 0 saturated heterocycles. The summed E-state index contributed by atoms with van der Waals surface area (Å²) in [6.45, 7) is 40.9. The minimum Gasteiger partial charge on any atom is -0.460 e. The van der Waals surface area contributed by atoms with E-state index in [4.69, 9.17) is 8.83 Å². The van der Waals surface area contributed by atoms with E-state index in [1.807, 2.05) is 0 Å². The standard InChI is InChI=1S/C83H89N3O2/c1-53(2)65-34-27-36-68-69-37-28-40-74(79(69)88-78(65)68)84(62-31-20-19-21-32-62)64-51-75(85(63-45-41-59(42-46-63)80(7,8)9)71-47-43-60(49-54(71)3)81(10,11)12)56(5)76(52-64)86(72-48-44-61(50-55(72)4)82(13,14)15)73-39-25-23-33-66(73)67-35-26-30-58-29-22-24-38-70(83(16,17)18)57(6)87-77(58)67/h19-53H,1-18H3. The average Bonchev–Trinajstić information content (AvgIpc) is 1.29. The number of nitrogens with zero attached hydrogens (tertiary/aromatic N) is 3. The highest BCUT2D eigenvalue weighted by atomic mass is 16.3. The predicted octanol–water partition coefficient (Wildman–Crippen LogP) is 25.1. The van der Waals surface area contributed by atoms with Gasteiger partial charge in [0.2, 0.25) is 0 Å². The molecule has 0 radical (unpaired) electrons. The molecule has 0 fully saturated rings. The molecule has 0 bridgehead atoms. The summed E-state index contributed by atoms with van der Waals surface area (Å²) in [5.74, 6) is 1.14. The third-order valence-electron chi connectivity index (χ3n) is 17.7. The van der Waals surface area contributed by atoms with Gasteiger partial charge >= 0.3 is 0 Å². The summed E-state index contributed by atoms with van der Waals surface area (Å²) >= 11 is 0. The lowest BCUT2D eigenvalue weighted by molar-refractivity contribution is 0.512. The zero-order chi connectivity index (χ0) is 62.8. The molecule has 11 aromatic rings. The maximum absolute atomic E-state index is 7.28. The minimum atomic E-state index is -0.157. The lowest BCUT2D eigenvalue weighted by Gasteiger charge is -2.36. The van der Waals surface area contributed by atoms with Crippen molar-refractivity contribution in [2.75, 3.05) is 14.7 Å². The molecule has 2 aromatic heterocycles. The Bertz CT molecular complexity index is 4450. The molecule has 88 heavy (non-hydrogen) atoms. The third-order valence-corrected chi connectivity index (χ3v) is 17.7. The van der Waals surface area contributed by atoms with Crippen molar-refractivity contribution in [3.63, 3.8) is 0 Å². The lowest BCUT2D eigenvalue weighted by atomic mass is 9.85. The summed E-state index contributed by atoms with van der Waals surface area (Å²) in [5.41, 5.74) is 23.0. The van der Waals surface area contributed by atoms with E-state index in [1.165, 1.54) is 27.8 Å². The van der Waals surface area contributed by atoms with Crippen LogP contribution in [0.2, 0.25) is 0 Å². The third kappa shape index (κ3) is 11.8. The van der Waals surface area contributed by atoms with E-state index in [2.05, 4.69) is 346 Å². The van der Waals surface area contributed by atoms with Crippen molar-refractivity contribution in [1.29, 1.82) is 0 Å². The number of hydrogen-bond donors (Lipinski definition) is 0. The number of aryl methyl sites for hydroxylation is 3. The Kier molecular flexibility index (Phi) is 16.2. The summed E-state index contributed by atoms with van der Waals surface area (Å²) in [7, 11) is 0. The zero-order valence-corrected chi connectivity index (χ0v) is 55.4. The molecule has 5 heteroatoms. The zero-order valence-electron chi connectivity index (χ0n) is 55.4. The molecule has 0 saturated carbocycles. The van der Waals surface area contributed by atoms with Crippen LogP contribution in [0.25, 0.3) is 44.0 Å². The highest BCUT2D eigenvalue weighted by Crippen LogP contribution is 2.53. The molecule has 0 spiro atoms. The molecule has 5 nitrogen and oxygen atoms in total. The molecular formula is C83H89N3O2. The number of fused-ring (bicyclic) bond motifs is 4. The van der Waals surface area contributed by atoms with E-state index in [-0.39, 0.29) is 27.6 Å². The van der Waals surface area contributed by atoms with Gasteiger partial charge in [-0.1, -0.05) is 243 Å². The van der Waals surface area contributed by atoms with Gasteiger partial charge in [0, 0.05) is 50.0 Å². The summed E-state index contributed by atoms with van der Waals surface area (Å²) in [6.07, 6.45) is 0. The van der Waals surface area contributed by atoms with Crippen LogP contribution in [0.5, 0.6) is 0 Å². The van der Waals surface area contributed by atoms with Crippen molar-refractivity contribution in [2.24, 2.45) is 0 Å². The smallest absolute Gasteiger partial charge is 0.159 e. The Morgan fingerprint density at radius 1 is 0.330 bits per heavy atom. The lowest BCUT2D eigenvalue weighted by Crippen LogP contribution is -2.20. The SMILES string of the molecule is Cc1cc(C(C)(C)C)ccc1N(c1ccc(C(C)(C)C)cc1)c1cc(N(c2ccccc2)c2cccc3c2oc2c(C(C)C)cccc23)cc(N(c2ccc(C(C)(C)C)cc2C)c2ccccc2-c2cccc3ccccc(C(C)(C)C)c(C)oc23)c1C. The van der Waals surface area contributed by atoms with E-state index < -0.39 is 0 Å². The molecule has 0 aliphatic rings. The molecule has 0 amide bonds.